The van der Waals surface area contributed by atoms with E-state index in [0.717, 1.165) is 24.8 Å². The molecule has 3 aromatic rings. The number of hydrogen-bond acceptors (Lipinski definition) is 6. The van der Waals surface area contributed by atoms with Crippen LogP contribution in [0.3, 0.4) is 0 Å². The van der Waals surface area contributed by atoms with Crippen molar-refractivity contribution in [3.05, 3.63) is 70.3 Å². The molecule has 0 radical (unpaired) electrons. The SMILES string of the molecule is O=C(O)C1CN(Cc2ccc(-c3noc(COCC4(c5ccc(Cl)cc5)CCC4)n3)c(F)c2)C1. The maximum atomic E-state index is 14.7. The van der Waals surface area contributed by atoms with Crippen molar-refractivity contribution in [2.45, 2.75) is 37.8 Å². The molecule has 5 rings (SSSR count). The van der Waals surface area contributed by atoms with Crippen molar-refractivity contribution in [2.75, 3.05) is 19.7 Å². The van der Waals surface area contributed by atoms with Gasteiger partial charge in [0.25, 0.3) is 5.89 Å². The molecule has 9 heteroatoms. The van der Waals surface area contributed by atoms with Gasteiger partial charge in [-0.1, -0.05) is 41.4 Å². The average molecular weight is 486 g/mol. The Morgan fingerprint density at radius 2 is 2.00 bits per heavy atom. The van der Waals surface area contributed by atoms with Crippen LogP contribution in [0, 0.1) is 11.7 Å². The van der Waals surface area contributed by atoms with Crippen LogP contribution < -0.4 is 0 Å². The van der Waals surface area contributed by atoms with Crippen molar-refractivity contribution in [1.29, 1.82) is 0 Å². The molecular weight excluding hydrogens is 461 g/mol. The van der Waals surface area contributed by atoms with Crippen molar-refractivity contribution in [3.8, 4) is 11.4 Å². The van der Waals surface area contributed by atoms with Crippen LogP contribution in [0.5, 0.6) is 0 Å². The summed E-state index contributed by atoms with van der Waals surface area (Å²) in [7, 11) is 0. The number of aliphatic carboxylic acids is 1. The Bertz CT molecular complexity index is 1170. The Labute approximate surface area is 201 Å². The zero-order valence-electron chi connectivity index (χ0n) is 18.5. The average Bonchev–Trinajstić information content (AvgIpc) is 3.21. The van der Waals surface area contributed by atoms with Crippen molar-refractivity contribution in [2.24, 2.45) is 5.92 Å². The summed E-state index contributed by atoms with van der Waals surface area (Å²) in [5.74, 6) is -1.10. The molecule has 2 aliphatic rings. The molecule has 178 valence electrons. The normalized spacial score (nSPS) is 17.8. The number of likely N-dealkylation sites (tertiary alicyclic amines) is 1. The molecule has 7 nitrogen and oxygen atoms in total. The topological polar surface area (TPSA) is 88.7 Å². The maximum Gasteiger partial charge on any atom is 0.309 e. The lowest BCUT2D eigenvalue weighted by atomic mass is 9.65. The largest absolute Gasteiger partial charge is 0.481 e. The molecule has 2 heterocycles. The standard InChI is InChI=1S/C25H25ClFN3O4/c26-19-5-3-18(4-6-19)25(8-1-9-25)15-33-14-22-28-23(29-34-22)20-7-2-16(10-21(20)27)11-30-12-17(13-30)24(31)32/h2-7,10,17H,1,8-9,11-15H2,(H,31,32). The van der Waals surface area contributed by atoms with Gasteiger partial charge in [0.2, 0.25) is 5.82 Å². The minimum atomic E-state index is -0.789. The van der Waals surface area contributed by atoms with Gasteiger partial charge in [-0.3, -0.25) is 9.69 Å². The molecule has 2 aromatic carbocycles. The molecule has 2 fully saturated rings. The lowest BCUT2D eigenvalue weighted by Crippen LogP contribution is -2.49. The third-order valence-electron chi connectivity index (χ3n) is 6.83. The van der Waals surface area contributed by atoms with Gasteiger partial charge >= 0.3 is 5.97 Å². The number of aromatic nitrogens is 2. The van der Waals surface area contributed by atoms with Crippen LogP contribution >= 0.6 is 11.6 Å². The van der Waals surface area contributed by atoms with Crippen molar-refractivity contribution in [3.63, 3.8) is 0 Å². The summed E-state index contributed by atoms with van der Waals surface area (Å²) in [5.41, 5.74) is 2.22. The fourth-order valence-electron chi connectivity index (χ4n) is 4.63. The molecule has 34 heavy (non-hydrogen) atoms. The van der Waals surface area contributed by atoms with Gasteiger partial charge in [-0.05, 0) is 48.2 Å². The van der Waals surface area contributed by atoms with Crippen LogP contribution in [0.4, 0.5) is 4.39 Å². The first-order valence-electron chi connectivity index (χ1n) is 11.3. The highest BCUT2D eigenvalue weighted by Gasteiger charge is 2.39. The van der Waals surface area contributed by atoms with Gasteiger partial charge in [-0.15, -0.1) is 0 Å². The Morgan fingerprint density at radius 3 is 2.65 bits per heavy atom. The van der Waals surface area contributed by atoms with Gasteiger partial charge in [0, 0.05) is 30.1 Å². The van der Waals surface area contributed by atoms with Crippen LogP contribution in [0.25, 0.3) is 11.4 Å². The number of nitrogens with zero attached hydrogens (tertiary/aromatic N) is 3. The highest BCUT2D eigenvalue weighted by molar-refractivity contribution is 6.30. The number of ether oxygens (including phenoxy) is 1. The third-order valence-corrected chi connectivity index (χ3v) is 7.08. The monoisotopic (exact) mass is 485 g/mol. The van der Waals surface area contributed by atoms with Crippen LogP contribution in [0.1, 0.15) is 36.3 Å². The highest BCUT2D eigenvalue weighted by atomic mass is 35.5. The van der Waals surface area contributed by atoms with Crippen LogP contribution in [-0.4, -0.2) is 45.8 Å². The van der Waals surface area contributed by atoms with Gasteiger partial charge in [0.15, 0.2) is 0 Å². The summed E-state index contributed by atoms with van der Waals surface area (Å²) in [6.45, 7) is 2.15. The Kier molecular flexibility index (Phi) is 6.38. The van der Waals surface area contributed by atoms with E-state index < -0.39 is 11.8 Å². The smallest absolute Gasteiger partial charge is 0.309 e. The number of carboxylic acids is 1. The first-order chi connectivity index (χ1) is 16.4. The summed E-state index contributed by atoms with van der Waals surface area (Å²) >= 11 is 6.02. The van der Waals surface area contributed by atoms with Crippen molar-refractivity contribution in [1.82, 2.24) is 15.0 Å². The minimum absolute atomic E-state index is 0.0175. The van der Waals surface area contributed by atoms with E-state index in [-0.39, 0.29) is 29.3 Å². The van der Waals surface area contributed by atoms with E-state index in [1.54, 1.807) is 12.1 Å². The zero-order valence-corrected chi connectivity index (χ0v) is 19.3. The maximum absolute atomic E-state index is 14.7. The molecule has 0 unspecified atom stereocenters. The summed E-state index contributed by atoms with van der Waals surface area (Å²) in [6.07, 6.45) is 3.26. The number of carboxylic acid groups (broad SMARTS) is 1. The van der Waals surface area contributed by atoms with E-state index in [0.29, 0.717) is 37.2 Å². The van der Waals surface area contributed by atoms with E-state index in [4.69, 9.17) is 26.0 Å². The first-order valence-corrected chi connectivity index (χ1v) is 11.7. The number of carbonyl (C=O) groups is 1. The molecule has 0 bridgehead atoms. The van der Waals surface area contributed by atoms with E-state index in [1.165, 1.54) is 11.6 Å². The molecule has 1 saturated heterocycles. The second-order valence-corrected chi connectivity index (χ2v) is 9.63. The Hall–Kier alpha value is -2.81. The number of hydrogen-bond donors (Lipinski definition) is 1. The Balaban J connectivity index is 1.17. The van der Waals surface area contributed by atoms with Crippen LogP contribution in [-0.2, 0) is 28.1 Å². The predicted molar refractivity (Wildman–Crippen MR) is 123 cm³/mol. The van der Waals surface area contributed by atoms with E-state index in [9.17, 15) is 9.18 Å². The molecule has 0 amide bonds. The number of halogens is 2. The second-order valence-electron chi connectivity index (χ2n) is 9.19. The van der Waals surface area contributed by atoms with Gasteiger partial charge in [-0.25, -0.2) is 4.39 Å². The van der Waals surface area contributed by atoms with Gasteiger partial charge in [0.05, 0.1) is 18.1 Å². The molecule has 1 N–H and O–H groups in total. The third kappa shape index (κ3) is 4.71. The molecule has 1 saturated carbocycles. The molecular formula is C25H25ClFN3O4. The fraction of sp³-hybridized carbons (Fsp3) is 0.400. The quantitative estimate of drug-likeness (QED) is 0.470. The molecule has 1 aliphatic carbocycles. The summed E-state index contributed by atoms with van der Waals surface area (Å²) in [6, 6.07) is 12.8. The molecule has 0 atom stereocenters. The molecule has 0 spiro atoms. The molecule has 1 aliphatic heterocycles. The second kappa shape index (κ2) is 9.44. The summed E-state index contributed by atoms with van der Waals surface area (Å²) in [5, 5.41) is 13.6. The van der Waals surface area contributed by atoms with Crippen LogP contribution in [0.15, 0.2) is 47.0 Å². The van der Waals surface area contributed by atoms with E-state index >= 15 is 0 Å². The highest BCUT2D eigenvalue weighted by Crippen LogP contribution is 2.44. The van der Waals surface area contributed by atoms with Gasteiger partial charge in [-0.2, -0.15) is 4.98 Å². The predicted octanol–water partition coefficient (Wildman–Crippen LogP) is 4.68. The first kappa shape index (κ1) is 23.0. The number of benzene rings is 2. The fourth-order valence-corrected chi connectivity index (χ4v) is 4.76. The molecule has 1 aromatic heterocycles. The lowest BCUT2D eigenvalue weighted by molar-refractivity contribution is -0.147. The van der Waals surface area contributed by atoms with Crippen molar-refractivity contribution >= 4 is 17.6 Å². The van der Waals surface area contributed by atoms with E-state index in [1.807, 2.05) is 17.0 Å². The zero-order chi connectivity index (χ0) is 23.7. The van der Waals surface area contributed by atoms with Crippen LogP contribution in [0.2, 0.25) is 5.02 Å². The number of rotatable bonds is 9. The minimum Gasteiger partial charge on any atom is -0.481 e. The summed E-state index contributed by atoms with van der Waals surface area (Å²) in [4.78, 5) is 17.2. The van der Waals surface area contributed by atoms with Crippen molar-refractivity contribution < 1.29 is 23.6 Å². The van der Waals surface area contributed by atoms with Gasteiger partial charge < -0.3 is 14.4 Å². The van der Waals surface area contributed by atoms with Gasteiger partial charge in [0.1, 0.15) is 12.4 Å². The Morgan fingerprint density at radius 1 is 1.24 bits per heavy atom. The van der Waals surface area contributed by atoms with E-state index in [2.05, 4.69) is 22.3 Å². The summed E-state index contributed by atoms with van der Waals surface area (Å²) < 4.78 is 25.9. The lowest BCUT2D eigenvalue weighted by Gasteiger charge is -2.42.